The smallest absolute Gasteiger partial charge is 0.415 e. The summed E-state index contributed by atoms with van der Waals surface area (Å²) in [6, 6.07) is 19.6. The summed E-state index contributed by atoms with van der Waals surface area (Å²) in [5, 5.41) is 0. The minimum atomic E-state index is -0.861. The van der Waals surface area contributed by atoms with Crippen molar-refractivity contribution < 1.29 is 81.0 Å². The number of unbranched alkanes of at least 4 members (excludes halogenated alkanes) is 2. The predicted octanol–water partition coefficient (Wildman–Crippen LogP) is 7.59. The predicted molar refractivity (Wildman–Crippen MR) is 249 cm³/mol. The van der Waals surface area contributed by atoms with E-state index in [-0.39, 0.29) is 78.1 Å². The molecule has 1 saturated heterocycles. The topological polar surface area (TPSA) is 226 Å². The molecule has 5 rings (SSSR count). The Morgan fingerprint density at radius 2 is 1.00 bits per heavy atom. The summed E-state index contributed by atoms with van der Waals surface area (Å²) in [5.41, 5.74) is 0.155. The molecule has 0 radical (unpaired) electrons. The third-order valence-electron chi connectivity index (χ3n) is 10.2. The molecule has 0 aromatic heterocycles. The number of hydrogen-bond donors (Lipinski definition) is 0. The van der Waals surface area contributed by atoms with Gasteiger partial charge in [-0.3, -0.25) is 4.79 Å². The molecule has 70 heavy (non-hydrogen) atoms. The van der Waals surface area contributed by atoms with Crippen LogP contribution in [0, 0.1) is 0 Å². The van der Waals surface area contributed by atoms with Gasteiger partial charge in [0.15, 0.2) is 5.78 Å². The van der Waals surface area contributed by atoms with Crippen LogP contribution in [0.3, 0.4) is 0 Å². The van der Waals surface area contributed by atoms with E-state index >= 15 is 0 Å². The first-order valence-electron chi connectivity index (χ1n) is 22.0. The van der Waals surface area contributed by atoms with Crippen molar-refractivity contribution in [3.05, 3.63) is 132 Å². The molecule has 1 atom stereocenters. The first kappa shape index (κ1) is 52.5. The fourth-order valence-electron chi connectivity index (χ4n) is 6.53. The Labute approximate surface area is 403 Å². The SMILES string of the molecule is C=CC(=O)OCCCCOc1ccc(C(=O)Oc2ccc(OC(=O)N3CCN(C(=O)Oc4ccc(OC(=O)c5ccc(OCCCCOC(=O)C=C)cc5)c(C(=O)OC)c4)CC3C)cc2C(C)=O)cc1. The number of ether oxygens (including phenoxy) is 9. The van der Waals surface area contributed by atoms with Gasteiger partial charge in [-0.25, -0.2) is 33.6 Å². The van der Waals surface area contributed by atoms with E-state index in [4.69, 9.17) is 42.6 Å². The van der Waals surface area contributed by atoms with Crippen molar-refractivity contribution in [1.82, 2.24) is 9.80 Å². The number of amides is 2. The lowest BCUT2D eigenvalue weighted by molar-refractivity contribution is -0.138. The number of nitrogens with zero attached hydrogens (tertiary/aromatic N) is 2. The fraction of sp³-hybridized carbons (Fsp3) is 0.294. The molecular formula is C51H52N2O17. The molecule has 1 aliphatic rings. The Hall–Kier alpha value is -8.48. The second-order valence-corrected chi connectivity index (χ2v) is 15.3. The van der Waals surface area contributed by atoms with E-state index in [2.05, 4.69) is 13.2 Å². The number of carbonyl (C=O) groups excluding carboxylic acids is 8. The summed E-state index contributed by atoms with van der Waals surface area (Å²) in [6.45, 7) is 11.0. The van der Waals surface area contributed by atoms with Crippen LogP contribution in [0.4, 0.5) is 9.59 Å². The van der Waals surface area contributed by atoms with E-state index in [0.29, 0.717) is 50.4 Å². The number of hydrogen-bond acceptors (Lipinski definition) is 17. The molecule has 0 N–H and O–H groups in total. The van der Waals surface area contributed by atoms with Gasteiger partial charge >= 0.3 is 42.0 Å². The Kier molecular flexibility index (Phi) is 19.6. The van der Waals surface area contributed by atoms with Gasteiger partial charge in [-0.15, -0.1) is 0 Å². The third-order valence-corrected chi connectivity index (χ3v) is 10.2. The molecule has 368 valence electrons. The van der Waals surface area contributed by atoms with Crippen molar-refractivity contribution in [2.24, 2.45) is 0 Å². The van der Waals surface area contributed by atoms with E-state index in [1.807, 2.05) is 0 Å². The van der Waals surface area contributed by atoms with Crippen LogP contribution >= 0.6 is 0 Å². The quantitative estimate of drug-likeness (QED) is 0.0185. The zero-order valence-corrected chi connectivity index (χ0v) is 38.8. The number of methoxy groups -OCH3 is 1. The Morgan fingerprint density at radius 3 is 1.46 bits per heavy atom. The molecule has 19 heteroatoms. The van der Waals surface area contributed by atoms with Crippen LogP contribution in [0.25, 0.3) is 0 Å². The first-order valence-corrected chi connectivity index (χ1v) is 22.0. The normalized spacial score (nSPS) is 12.9. The molecule has 1 unspecified atom stereocenters. The van der Waals surface area contributed by atoms with E-state index < -0.39 is 53.9 Å². The number of rotatable bonds is 22. The third kappa shape index (κ3) is 15.5. The maximum Gasteiger partial charge on any atom is 0.415 e. The molecule has 0 bridgehead atoms. The average molecular weight is 965 g/mol. The van der Waals surface area contributed by atoms with Gasteiger partial charge in [0.2, 0.25) is 0 Å². The zero-order valence-electron chi connectivity index (χ0n) is 38.8. The van der Waals surface area contributed by atoms with Crippen LogP contribution in [0.5, 0.6) is 34.5 Å². The van der Waals surface area contributed by atoms with Crippen molar-refractivity contribution >= 4 is 47.8 Å². The zero-order chi connectivity index (χ0) is 50.6. The van der Waals surface area contributed by atoms with E-state index in [1.165, 1.54) is 77.4 Å². The van der Waals surface area contributed by atoms with Gasteiger partial charge in [0, 0.05) is 31.8 Å². The Bertz CT molecular complexity index is 2560. The van der Waals surface area contributed by atoms with Crippen molar-refractivity contribution in [3.63, 3.8) is 0 Å². The van der Waals surface area contributed by atoms with Crippen LogP contribution in [-0.4, -0.2) is 117 Å². The number of piperazine rings is 1. The number of Topliss-reactive ketones (excluding diaryl/α,β-unsaturated/α-hetero) is 1. The van der Waals surface area contributed by atoms with Gasteiger partial charge in [-0.1, -0.05) is 13.2 Å². The van der Waals surface area contributed by atoms with Crippen molar-refractivity contribution in [2.75, 3.05) is 53.2 Å². The summed E-state index contributed by atoms with van der Waals surface area (Å²) in [6.07, 6.45) is 3.09. The van der Waals surface area contributed by atoms with Crippen LogP contribution in [0.15, 0.2) is 110 Å². The van der Waals surface area contributed by atoms with Gasteiger partial charge in [0.05, 0.1) is 56.3 Å². The molecule has 2 amide bonds. The molecular weight excluding hydrogens is 913 g/mol. The summed E-state index contributed by atoms with van der Waals surface area (Å²) in [5.74, 6) is -3.05. The second-order valence-electron chi connectivity index (χ2n) is 15.3. The number of esters is 5. The number of carbonyl (C=O) groups is 8. The standard InChI is InChI=1S/C51H52N2O17/c1-6-45(55)65-28-10-8-26-63-37-16-12-35(13-17-37)47(57)69-43-22-20-39(30-41(43)34(4)54)68-51(61)53-25-24-52(32-33(53)3)50(60)67-40-21-23-44(42(31-40)49(59)62-5)70-48(58)36-14-18-38(19-15-36)64-27-9-11-29-66-46(56)7-2/h6-7,12-23,30-31,33H,1-2,8-11,24-29,32H2,3-5H3. The summed E-state index contributed by atoms with van der Waals surface area (Å²) < 4.78 is 48.3. The van der Waals surface area contributed by atoms with Crippen LogP contribution in [0.1, 0.15) is 81.0 Å². The molecule has 0 saturated carbocycles. The maximum atomic E-state index is 13.4. The lowest BCUT2D eigenvalue weighted by Crippen LogP contribution is -2.56. The van der Waals surface area contributed by atoms with Gasteiger partial charge in [0.1, 0.15) is 40.1 Å². The monoisotopic (exact) mass is 964 g/mol. The molecule has 1 fully saturated rings. The highest BCUT2D eigenvalue weighted by Crippen LogP contribution is 2.29. The van der Waals surface area contributed by atoms with Gasteiger partial charge in [-0.05, 0) is 124 Å². The van der Waals surface area contributed by atoms with Crippen LogP contribution in [0.2, 0.25) is 0 Å². The molecule has 0 aliphatic carbocycles. The summed E-state index contributed by atoms with van der Waals surface area (Å²) >= 11 is 0. The lowest BCUT2D eigenvalue weighted by atomic mass is 10.1. The largest absolute Gasteiger partial charge is 0.494 e. The maximum absolute atomic E-state index is 13.4. The highest BCUT2D eigenvalue weighted by molar-refractivity contribution is 6.00. The highest BCUT2D eigenvalue weighted by atomic mass is 16.6. The molecule has 0 spiro atoms. The molecule has 1 aliphatic heterocycles. The van der Waals surface area contributed by atoms with Gasteiger partial charge < -0.3 is 52.4 Å². The van der Waals surface area contributed by atoms with E-state index in [1.54, 1.807) is 31.2 Å². The minimum Gasteiger partial charge on any atom is -0.494 e. The van der Waals surface area contributed by atoms with Gasteiger partial charge in [-0.2, -0.15) is 0 Å². The number of ketones is 1. The van der Waals surface area contributed by atoms with Crippen LogP contribution in [-0.2, 0) is 23.8 Å². The van der Waals surface area contributed by atoms with Crippen LogP contribution < -0.4 is 28.4 Å². The minimum absolute atomic E-state index is 0.00734. The Morgan fingerprint density at radius 1 is 0.557 bits per heavy atom. The Balaban J connectivity index is 1.10. The second kappa shape index (κ2) is 26.2. The van der Waals surface area contributed by atoms with Crippen molar-refractivity contribution in [1.29, 1.82) is 0 Å². The molecule has 19 nitrogen and oxygen atoms in total. The summed E-state index contributed by atoms with van der Waals surface area (Å²) in [7, 11) is 1.14. The summed E-state index contributed by atoms with van der Waals surface area (Å²) in [4.78, 5) is 103. The first-order chi connectivity index (χ1) is 33.7. The molecule has 4 aromatic rings. The van der Waals surface area contributed by atoms with Crippen molar-refractivity contribution in [3.8, 4) is 34.5 Å². The fourth-order valence-corrected chi connectivity index (χ4v) is 6.53. The van der Waals surface area contributed by atoms with E-state index in [9.17, 15) is 38.4 Å². The molecule has 4 aromatic carbocycles. The van der Waals surface area contributed by atoms with Gasteiger partial charge in [0.25, 0.3) is 0 Å². The number of benzene rings is 4. The van der Waals surface area contributed by atoms with Crippen molar-refractivity contribution in [2.45, 2.75) is 45.6 Å². The van der Waals surface area contributed by atoms with E-state index in [0.717, 1.165) is 19.3 Å². The average Bonchev–Trinajstić information content (AvgIpc) is 3.36. The lowest BCUT2D eigenvalue weighted by Gasteiger charge is -2.38. The highest BCUT2D eigenvalue weighted by Gasteiger charge is 2.32. The molecule has 1 heterocycles.